The maximum absolute atomic E-state index is 11.2. The predicted molar refractivity (Wildman–Crippen MR) is 63.1 cm³/mol. The van der Waals surface area contributed by atoms with E-state index in [1.165, 1.54) is 0 Å². The van der Waals surface area contributed by atoms with Crippen molar-refractivity contribution in [2.45, 2.75) is 44.5 Å². The highest BCUT2D eigenvalue weighted by Crippen LogP contribution is 2.34. The van der Waals surface area contributed by atoms with Crippen LogP contribution < -0.4 is 0 Å². The van der Waals surface area contributed by atoms with Gasteiger partial charge in [0, 0.05) is 0 Å². The van der Waals surface area contributed by atoms with Crippen LogP contribution in [0.15, 0.2) is 0 Å². The molecule has 2 N–H and O–H groups in total. The summed E-state index contributed by atoms with van der Waals surface area (Å²) < 4.78 is 4.91. The first-order valence-corrected chi connectivity index (χ1v) is 6.93. The Morgan fingerprint density at radius 1 is 1.33 bits per heavy atom. The van der Waals surface area contributed by atoms with Crippen LogP contribution in [-0.2, 0) is 9.53 Å². The summed E-state index contributed by atoms with van der Waals surface area (Å²) in [5.41, 5.74) is -1.09. The third-order valence-corrected chi connectivity index (χ3v) is 4.66. The molecule has 0 rings (SSSR count). The minimum absolute atomic E-state index is 0.245. The number of hydrogen-bond acceptors (Lipinski definition) is 4. The highest BCUT2D eigenvalue weighted by atomic mass is 32.2. The quantitative estimate of drug-likeness (QED) is 0.457. The van der Waals surface area contributed by atoms with Crippen LogP contribution in [0.25, 0.3) is 0 Å². The molecule has 0 spiro atoms. The van der Waals surface area contributed by atoms with Crippen LogP contribution in [0.4, 0.5) is 0 Å². The second-order valence-corrected chi connectivity index (χ2v) is 6.44. The molecule has 5 heteroatoms. The molecule has 0 heterocycles. The SMILES string of the molecule is CCCOC(=O)CC[SH](C(C)O)C(C)O. The summed E-state index contributed by atoms with van der Waals surface area (Å²) in [4.78, 5) is 11.2. The maximum atomic E-state index is 11.2. The van der Waals surface area contributed by atoms with E-state index in [1.54, 1.807) is 13.8 Å². The van der Waals surface area contributed by atoms with E-state index in [1.807, 2.05) is 6.92 Å². The van der Waals surface area contributed by atoms with Crippen LogP contribution in [0.1, 0.15) is 33.6 Å². The Morgan fingerprint density at radius 2 is 1.87 bits per heavy atom. The number of thiol groups is 1. The van der Waals surface area contributed by atoms with E-state index in [9.17, 15) is 15.0 Å². The average Bonchev–Trinajstić information content (AvgIpc) is 2.13. The fourth-order valence-corrected chi connectivity index (χ4v) is 3.01. The second kappa shape index (κ2) is 7.96. The van der Waals surface area contributed by atoms with Crippen molar-refractivity contribution in [3.8, 4) is 0 Å². The lowest BCUT2D eigenvalue weighted by molar-refractivity contribution is -0.143. The Bertz CT molecular complexity index is 174. The van der Waals surface area contributed by atoms with Crippen LogP contribution in [-0.4, -0.2) is 39.4 Å². The molecule has 0 fully saturated rings. The summed E-state index contributed by atoms with van der Waals surface area (Å²) in [6.07, 6.45) is 1.09. The van der Waals surface area contributed by atoms with E-state index in [0.29, 0.717) is 12.4 Å². The van der Waals surface area contributed by atoms with Crippen molar-refractivity contribution >= 4 is 16.9 Å². The Morgan fingerprint density at radius 3 is 2.27 bits per heavy atom. The van der Waals surface area contributed by atoms with Gasteiger partial charge in [0.15, 0.2) is 0 Å². The highest BCUT2D eigenvalue weighted by Gasteiger charge is 2.17. The van der Waals surface area contributed by atoms with Crippen molar-refractivity contribution in [1.29, 1.82) is 0 Å². The number of esters is 1. The van der Waals surface area contributed by atoms with Gasteiger partial charge < -0.3 is 14.9 Å². The van der Waals surface area contributed by atoms with Gasteiger partial charge in [-0.25, -0.2) is 10.9 Å². The molecule has 0 aliphatic rings. The summed E-state index contributed by atoms with van der Waals surface area (Å²) in [6, 6.07) is 0. The van der Waals surface area contributed by atoms with Crippen LogP contribution >= 0.6 is 10.9 Å². The number of aliphatic hydroxyl groups is 2. The largest absolute Gasteiger partial charge is 0.466 e. The molecular formula is C10H22O4S. The minimum Gasteiger partial charge on any atom is -0.466 e. The van der Waals surface area contributed by atoms with Gasteiger partial charge in [0.1, 0.15) is 0 Å². The second-order valence-electron chi connectivity index (χ2n) is 3.47. The molecule has 92 valence electrons. The van der Waals surface area contributed by atoms with Gasteiger partial charge in [0.25, 0.3) is 0 Å². The van der Waals surface area contributed by atoms with Gasteiger partial charge in [-0.1, -0.05) is 6.92 Å². The number of carbonyl (C=O) groups excluding carboxylic acids is 1. The van der Waals surface area contributed by atoms with Gasteiger partial charge in [-0.05, 0) is 26.0 Å². The van der Waals surface area contributed by atoms with Crippen molar-refractivity contribution in [1.82, 2.24) is 0 Å². The molecular weight excluding hydrogens is 216 g/mol. The van der Waals surface area contributed by atoms with Crippen molar-refractivity contribution in [2.75, 3.05) is 12.4 Å². The summed E-state index contributed by atoms with van der Waals surface area (Å²) in [7, 11) is -0.916. The summed E-state index contributed by atoms with van der Waals surface area (Å²) >= 11 is 0. The zero-order chi connectivity index (χ0) is 11.8. The smallest absolute Gasteiger partial charge is 0.306 e. The number of rotatable bonds is 7. The van der Waals surface area contributed by atoms with Gasteiger partial charge in [0.05, 0.1) is 23.9 Å². The molecule has 0 bridgehead atoms. The van der Waals surface area contributed by atoms with Crippen molar-refractivity contribution < 1.29 is 19.7 Å². The van der Waals surface area contributed by atoms with Gasteiger partial charge in [-0.2, -0.15) is 0 Å². The van der Waals surface area contributed by atoms with Gasteiger partial charge in [0.2, 0.25) is 0 Å². The van der Waals surface area contributed by atoms with Crippen LogP contribution in [0.2, 0.25) is 0 Å². The topological polar surface area (TPSA) is 66.8 Å². The number of aliphatic hydroxyl groups excluding tert-OH is 2. The Balaban J connectivity index is 3.84. The maximum Gasteiger partial charge on any atom is 0.306 e. The molecule has 0 aliphatic heterocycles. The standard InChI is InChI=1S/C10H22O4S/c1-4-6-14-10(13)5-7-15(8(2)11)9(3)12/h8-9,11-12,15H,4-7H2,1-3H3. The molecule has 0 saturated carbocycles. The Labute approximate surface area is 94.0 Å². The normalized spacial score (nSPS) is 18.1. The van der Waals surface area contributed by atoms with Gasteiger partial charge >= 0.3 is 5.97 Å². The molecule has 0 aromatic rings. The zero-order valence-corrected chi connectivity index (χ0v) is 10.5. The lowest BCUT2D eigenvalue weighted by Gasteiger charge is -2.27. The third kappa shape index (κ3) is 6.76. The first-order chi connectivity index (χ1) is 6.99. The first kappa shape index (κ1) is 14.7. The lowest BCUT2D eigenvalue weighted by atomic mass is 10.5. The Kier molecular flexibility index (Phi) is 7.82. The molecule has 4 nitrogen and oxygen atoms in total. The molecule has 2 unspecified atom stereocenters. The van der Waals surface area contributed by atoms with Crippen molar-refractivity contribution in [3.63, 3.8) is 0 Å². The lowest BCUT2D eigenvalue weighted by Crippen LogP contribution is -2.18. The number of carbonyl (C=O) groups is 1. The number of hydrogen-bond donors (Lipinski definition) is 3. The van der Waals surface area contributed by atoms with Crippen molar-refractivity contribution in [3.05, 3.63) is 0 Å². The summed E-state index contributed by atoms with van der Waals surface area (Å²) in [5, 5.41) is 18.8. The molecule has 0 aliphatic carbocycles. The minimum atomic E-state index is -0.916. The molecule has 0 amide bonds. The first-order valence-electron chi connectivity index (χ1n) is 5.26. The molecule has 0 aromatic heterocycles. The zero-order valence-electron chi connectivity index (χ0n) is 9.64. The molecule has 0 radical (unpaired) electrons. The molecule has 0 saturated heterocycles. The van der Waals surface area contributed by atoms with E-state index in [0.717, 1.165) is 6.42 Å². The predicted octanol–water partition coefficient (Wildman–Crippen LogP) is 1.01. The fraction of sp³-hybridized carbons (Fsp3) is 0.900. The summed E-state index contributed by atoms with van der Waals surface area (Å²) in [5.74, 6) is 0.276. The van der Waals surface area contributed by atoms with Crippen LogP contribution in [0, 0.1) is 0 Å². The molecule has 0 aromatic carbocycles. The Hall–Kier alpha value is -0.260. The third-order valence-electron chi connectivity index (χ3n) is 2.00. The van der Waals surface area contributed by atoms with Crippen LogP contribution in [0.3, 0.4) is 0 Å². The van der Waals surface area contributed by atoms with E-state index in [2.05, 4.69) is 0 Å². The number of ether oxygens (including phenoxy) is 1. The van der Waals surface area contributed by atoms with E-state index in [-0.39, 0.29) is 12.4 Å². The van der Waals surface area contributed by atoms with E-state index in [4.69, 9.17) is 4.74 Å². The van der Waals surface area contributed by atoms with Gasteiger partial charge in [-0.15, -0.1) is 0 Å². The average molecular weight is 238 g/mol. The highest BCUT2D eigenvalue weighted by molar-refractivity contribution is 8.17. The van der Waals surface area contributed by atoms with Crippen LogP contribution in [0.5, 0.6) is 0 Å². The van der Waals surface area contributed by atoms with E-state index >= 15 is 0 Å². The van der Waals surface area contributed by atoms with E-state index < -0.39 is 21.8 Å². The summed E-state index contributed by atoms with van der Waals surface area (Å²) in [6.45, 7) is 5.68. The fourth-order valence-electron chi connectivity index (χ4n) is 1.19. The van der Waals surface area contributed by atoms with Gasteiger partial charge in [-0.3, -0.25) is 4.79 Å². The molecule has 2 atom stereocenters. The molecule has 15 heavy (non-hydrogen) atoms. The monoisotopic (exact) mass is 238 g/mol. The van der Waals surface area contributed by atoms with Crippen molar-refractivity contribution in [2.24, 2.45) is 0 Å².